The molecule has 0 saturated carbocycles. The van der Waals surface area contributed by atoms with Gasteiger partial charge < -0.3 is 10.2 Å². The number of carbonyl (C=O) groups is 2. The standard InChI is InChI=1S/C16H21N5O2S/c1-11-15(12(2)19-18-11)17-14(22)10-20-5-7-21(8-6-20)16(23)13-4-3-9-24-13/h3-4,9H,5-8,10H2,1-2H3,(H,17,22)(H,18,19). The number of hydrogen-bond donors (Lipinski definition) is 2. The fourth-order valence-electron chi connectivity index (χ4n) is 2.78. The lowest BCUT2D eigenvalue weighted by Crippen LogP contribution is -2.50. The summed E-state index contributed by atoms with van der Waals surface area (Å²) < 4.78 is 0. The summed E-state index contributed by atoms with van der Waals surface area (Å²) in [7, 11) is 0. The van der Waals surface area contributed by atoms with Gasteiger partial charge in [0.1, 0.15) is 0 Å². The fourth-order valence-corrected chi connectivity index (χ4v) is 3.47. The van der Waals surface area contributed by atoms with E-state index in [9.17, 15) is 9.59 Å². The molecule has 0 radical (unpaired) electrons. The average molecular weight is 347 g/mol. The van der Waals surface area contributed by atoms with E-state index in [1.165, 1.54) is 11.3 Å². The minimum Gasteiger partial charge on any atom is -0.335 e. The lowest BCUT2D eigenvalue weighted by molar-refractivity contribution is -0.117. The molecule has 7 nitrogen and oxygen atoms in total. The molecule has 0 aromatic carbocycles. The molecule has 1 fully saturated rings. The molecule has 3 heterocycles. The number of aryl methyl sites for hydroxylation is 2. The summed E-state index contributed by atoms with van der Waals surface area (Å²) in [4.78, 5) is 29.2. The van der Waals surface area contributed by atoms with Crippen LogP contribution in [0.25, 0.3) is 0 Å². The Labute approximate surface area is 144 Å². The Morgan fingerprint density at radius 1 is 1.29 bits per heavy atom. The van der Waals surface area contributed by atoms with Crippen molar-refractivity contribution in [1.29, 1.82) is 0 Å². The van der Waals surface area contributed by atoms with E-state index in [1.54, 1.807) is 0 Å². The van der Waals surface area contributed by atoms with Gasteiger partial charge in [0, 0.05) is 26.2 Å². The zero-order valence-corrected chi connectivity index (χ0v) is 14.7. The first-order valence-electron chi connectivity index (χ1n) is 7.91. The van der Waals surface area contributed by atoms with Crippen molar-refractivity contribution in [2.45, 2.75) is 13.8 Å². The van der Waals surface area contributed by atoms with E-state index in [-0.39, 0.29) is 11.8 Å². The molecular weight excluding hydrogens is 326 g/mol. The molecule has 2 amide bonds. The van der Waals surface area contributed by atoms with Crippen LogP contribution in [0.15, 0.2) is 17.5 Å². The molecule has 0 bridgehead atoms. The summed E-state index contributed by atoms with van der Waals surface area (Å²) in [5.74, 6) is 0.0272. The van der Waals surface area contributed by atoms with Crippen molar-refractivity contribution in [3.05, 3.63) is 33.8 Å². The summed E-state index contributed by atoms with van der Waals surface area (Å²) in [5.41, 5.74) is 2.39. The second-order valence-corrected chi connectivity index (χ2v) is 6.85. The van der Waals surface area contributed by atoms with Crippen LogP contribution in [0.4, 0.5) is 5.69 Å². The van der Waals surface area contributed by atoms with Gasteiger partial charge in [-0.2, -0.15) is 5.10 Å². The number of aromatic nitrogens is 2. The van der Waals surface area contributed by atoms with Crippen LogP contribution >= 0.6 is 11.3 Å². The Morgan fingerprint density at radius 2 is 2.04 bits per heavy atom. The number of piperazine rings is 1. The highest BCUT2D eigenvalue weighted by Gasteiger charge is 2.24. The Hall–Kier alpha value is -2.19. The number of H-pyrrole nitrogens is 1. The molecule has 0 unspecified atom stereocenters. The van der Waals surface area contributed by atoms with E-state index in [0.29, 0.717) is 32.7 Å². The molecule has 0 atom stereocenters. The van der Waals surface area contributed by atoms with Gasteiger partial charge in [0.2, 0.25) is 5.91 Å². The van der Waals surface area contributed by atoms with Crippen molar-refractivity contribution in [3.63, 3.8) is 0 Å². The average Bonchev–Trinajstić information content (AvgIpc) is 3.21. The zero-order valence-electron chi connectivity index (χ0n) is 13.8. The van der Waals surface area contributed by atoms with Gasteiger partial charge in [-0.25, -0.2) is 0 Å². The molecule has 0 spiro atoms. The maximum atomic E-state index is 12.3. The van der Waals surface area contributed by atoms with E-state index >= 15 is 0 Å². The summed E-state index contributed by atoms with van der Waals surface area (Å²) in [5, 5.41) is 11.7. The van der Waals surface area contributed by atoms with Crippen LogP contribution in [0.1, 0.15) is 21.1 Å². The van der Waals surface area contributed by atoms with E-state index in [1.807, 2.05) is 36.3 Å². The third-order valence-electron chi connectivity index (χ3n) is 4.15. The first kappa shape index (κ1) is 16.7. The van der Waals surface area contributed by atoms with Crippen LogP contribution in [0.2, 0.25) is 0 Å². The van der Waals surface area contributed by atoms with Gasteiger partial charge in [-0.1, -0.05) is 6.07 Å². The van der Waals surface area contributed by atoms with Crippen molar-refractivity contribution >= 4 is 28.8 Å². The third-order valence-corrected chi connectivity index (χ3v) is 5.01. The minimum atomic E-state index is -0.0550. The molecule has 24 heavy (non-hydrogen) atoms. The number of anilines is 1. The Balaban J connectivity index is 1.48. The number of hydrogen-bond acceptors (Lipinski definition) is 5. The first-order valence-corrected chi connectivity index (χ1v) is 8.79. The molecule has 2 aromatic rings. The molecule has 1 aliphatic heterocycles. The van der Waals surface area contributed by atoms with Gasteiger partial charge in [-0.15, -0.1) is 11.3 Å². The van der Waals surface area contributed by atoms with Crippen LogP contribution in [-0.2, 0) is 4.79 Å². The fraction of sp³-hybridized carbons (Fsp3) is 0.438. The summed E-state index contributed by atoms with van der Waals surface area (Å²) in [6.45, 7) is 6.76. The number of thiophene rings is 1. The number of rotatable bonds is 4. The normalized spacial score (nSPS) is 15.5. The highest BCUT2D eigenvalue weighted by Crippen LogP contribution is 2.16. The van der Waals surface area contributed by atoms with Gasteiger partial charge >= 0.3 is 0 Å². The largest absolute Gasteiger partial charge is 0.335 e. The molecule has 128 valence electrons. The maximum Gasteiger partial charge on any atom is 0.264 e. The maximum absolute atomic E-state index is 12.3. The van der Waals surface area contributed by atoms with Gasteiger partial charge in [-0.3, -0.25) is 19.6 Å². The number of nitrogens with one attached hydrogen (secondary N) is 2. The second-order valence-electron chi connectivity index (χ2n) is 5.90. The third kappa shape index (κ3) is 3.65. The monoisotopic (exact) mass is 347 g/mol. The summed E-state index contributed by atoms with van der Waals surface area (Å²) in [6.07, 6.45) is 0. The minimum absolute atomic E-state index is 0.0550. The number of amides is 2. The van der Waals surface area contributed by atoms with Gasteiger partial charge in [0.05, 0.1) is 28.5 Å². The first-order chi connectivity index (χ1) is 11.5. The van der Waals surface area contributed by atoms with Crippen LogP contribution < -0.4 is 5.32 Å². The predicted octanol–water partition coefficient (Wildman–Crippen LogP) is 1.48. The van der Waals surface area contributed by atoms with Crippen molar-refractivity contribution in [2.75, 3.05) is 38.0 Å². The Bertz CT molecular complexity index is 697. The molecule has 1 saturated heterocycles. The van der Waals surface area contributed by atoms with E-state index in [2.05, 4.69) is 20.4 Å². The number of aromatic amines is 1. The topological polar surface area (TPSA) is 81.3 Å². The van der Waals surface area contributed by atoms with Crippen LogP contribution in [0.5, 0.6) is 0 Å². The number of nitrogens with zero attached hydrogens (tertiary/aromatic N) is 3. The SMILES string of the molecule is Cc1n[nH]c(C)c1NC(=O)CN1CCN(C(=O)c2cccs2)CC1. The molecule has 8 heteroatoms. The van der Waals surface area contributed by atoms with Gasteiger partial charge in [0.25, 0.3) is 5.91 Å². The van der Waals surface area contributed by atoms with Crippen molar-refractivity contribution in [1.82, 2.24) is 20.0 Å². The Kier molecular flexibility index (Phi) is 4.96. The smallest absolute Gasteiger partial charge is 0.264 e. The molecule has 0 aliphatic carbocycles. The van der Waals surface area contributed by atoms with E-state index in [0.717, 1.165) is 22.0 Å². The lowest BCUT2D eigenvalue weighted by Gasteiger charge is -2.34. The van der Waals surface area contributed by atoms with Crippen LogP contribution in [-0.4, -0.2) is 64.5 Å². The van der Waals surface area contributed by atoms with E-state index in [4.69, 9.17) is 0 Å². The highest BCUT2D eigenvalue weighted by molar-refractivity contribution is 7.12. The highest BCUT2D eigenvalue weighted by atomic mass is 32.1. The quantitative estimate of drug-likeness (QED) is 0.878. The molecule has 2 N–H and O–H groups in total. The van der Waals surface area contributed by atoms with Crippen LogP contribution in [0, 0.1) is 13.8 Å². The summed E-state index contributed by atoms with van der Waals surface area (Å²) in [6, 6.07) is 3.74. The summed E-state index contributed by atoms with van der Waals surface area (Å²) >= 11 is 1.46. The number of carbonyl (C=O) groups excluding carboxylic acids is 2. The predicted molar refractivity (Wildman–Crippen MR) is 93.4 cm³/mol. The van der Waals surface area contributed by atoms with Crippen molar-refractivity contribution in [2.24, 2.45) is 0 Å². The molecular formula is C16H21N5O2S. The van der Waals surface area contributed by atoms with Crippen LogP contribution in [0.3, 0.4) is 0 Å². The van der Waals surface area contributed by atoms with Gasteiger partial charge in [-0.05, 0) is 25.3 Å². The zero-order chi connectivity index (χ0) is 17.1. The molecule has 2 aromatic heterocycles. The second kappa shape index (κ2) is 7.14. The van der Waals surface area contributed by atoms with E-state index < -0.39 is 0 Å². The Morgan fingerprint density at radius 3 is 2.62 bits per heavy atom. The van der Waals surface area contributed by atoms with Crippen molar-refractivity contribution < 1.29 is 9.59 Å². The van der Waals surface area contributed by atoms with Gasteiger partial charge in [0.15, 0.2) is 0 Å². The lowest BCUT2D eigenvalue weighted by atomic mass is 10.2. The molecule has 1 aliphatic rings. The van der Waals surface area contributed by atoms with Crippen molar-refractivity contribution in [3.8, 4) is 0 Å². The molecule has 3 rings (SSSR count).